The van der Waals surface area contributed by atoms with Crippen molar-refractivity contribution in [1.29, 1.82) is 0 Å². The van der Waals surface area contributed by atoms with Gasteiger partial charge in [-0.15, -0.1) is 0 Å². The van der Waals surface area contributed by atoms with Crippen molar-refractivity contribution >= 4 is 28.2 Å². The first-order valence-corrected chi connectivity index (χ1v) is 11.6. The minimum atomic E-state index is -0.0354. The zero-order valence-electron chi connectivity index (χ0n) is 19.5. The Labute approximate surface area is 195 Å². The highest BCUT2D eigenvalue weighted by Gasteiger charge is 2.26. The van der Waals surface area contributed by atoms with Gasteiger partial charge in [0.2, 0.25) is 0 Å². The van der Waals surface area contributed by atoms with E-state index in [0.29, 0.717) is 11.8 Å². The number of pyridine rings is 1. The molecule has 170 valence electrons. The highest BCUT2D eigenvalue weighted by Crippen LogP contribution is 2.40. The third-order valence-electron chi connectivity index (χ3n) is 6.96. The third kappa shape index (κ3) is 4.24. The van der Waals surface area contributed by atoms with Gasteiger partial charge < -0.3 is 19.6 Å². The molecule has 0 radical (unpaired) electrons. The fraction of sp³-hybridized carbons (Fsp3) is 0.423. The van der Waals surface area contributed by atoms with Crippen molar-refractivity contribution in [2.45, 2.75) is 32.7 Å². The summed E-state index contributed by atoms with van der Waals surface area (Å²) in [5, 5.41) is 11.5. The summed E-state index contributed by atoms with van der Waals surface area (Å²) in [6.07, 6.45) is 4.35. The van der Waals surface area contributed by atoms with E-state index < -0.39 is 0 Å². The normalized spacial score (nSPS) is 16.0. The molecule has 1 aliphatic heterocycles. The van der Waals surface area contributed by atoms with Crippen LogP contribution in [0.3, 0.4) is 0 Å². The summed E-state index contributed by atoms with van der Waals surface area (Å²) in [6.45, 7) is 6.57. The number of anilines is 1. The Morgan fingerprint density at radius 1 is 1.16 bits per heavy atom. The van der Waals surface area contributed by atoms with Crippen LogP contribution in [-0.4, -0.2) is 55.3 Å². The lowest BCUT2D eigenvalue weighted by atomic mass is 9.89. The largest absolute Gasteiger partial charge is 0.503 e. The van der Waals surface area contributed by atoms with E-state index in [1.807, 2.05) is 18.3 Å². The summed E-state index contributed by atoms with van der Waals surface area (Å²) in [5.41, 5.74) is 5.36. The number of benzene rings is 2. The van der Waals surface area contributed by atoms with E-state index in [4.69, 9.17) is 16.3 Å². The van der Waals surface area contributed by atoms with Gasteiger partial charge in [0, 0.05) is 30.7 Å². The first-order chi connectivity index (χ1) is 15.3. The number of hydrogen-bond donors (Lipinski definition) is 1. The van der Waals surface area contributed by atoms with E-state index >= 15 is 0 Å². The molecular weight excluding hydrogens is 422 g/mol. The summed E-state index contributed by atoms with van der Waals surface area (Å²) in [4.78, 5) is 9.53. The molecule has 1 saturated heterocycles. The van der Waals surface area contributed by atoms with Crippen LogP contribution in [0.2, 0.25) is 5.02 Å². The average Bonchev–Trinajstić information content (AvgIpc) is 2.80. The summed E-state index contributed by atoms with van der Waals surface area (Å²) in [6, 6.07) is 10.5. The average molecular weight is 454 g/mol. The molecule has 4 rings (SSSR count). The van der Waals surface area contributed by atoms with Crippen LogP contribution in [0.25, 0.3) is 22.0 Å². The molecule has 0 bridgehead atoms. The SMILES string of the molecule is COc1cc(-c2ccc3ncc(C)c(N4CCC(C(C)N(C)C)CC4)c3c2)cc(Cl)c1O. The molecule has 0 spiro atoms. The number of piperidine rings is 1. The maximum Gasteiger partial charge on any atom is 0.176 e. The van der Waals surface area contributed by atoms with Crippen LogP contribution in [0.1, 0.15) is 25.3 Å². The number of aryl methyl sites for hydroxylation is 1. The Morgan fingerprint density at radius 3 is 2.53 bits per heavy atom. The van der Waals surface area contributed by atoms with Crippen molar-refractivity contribution in [2.24, 2.45) is 5.92 Å². The Kier molecular flexibility index (Phi) is 6.50. The van der Waals surface area contributed by atoms with Gasteiger partial charge in [-0.25, -0.2) is 0 Å². The van der Waals surface area contributed by atoms with E-state index in [2.05, 4.69) is 54.9 Å². The van der Waals surface area contributed by atoms with Crippen molar-refractivity contribution in [1.82, 2.24) is 9.88 Å². The highest BCUT2D eigenvalue weighted by molar-refractivity contribution is 6.32. The monoisotopic (exact) mass is 453 g/mol. The second-order valence-corrected chi connectivity index (χ2v) is 9.47. The molecule has 2 heterocycles. The number of phenols is 1. The van der Waals surface area contributed by atoms with Crippen molar-refractivity contribution in [3.63, 3.8) is 0 Å². The van der Waals surface area contributed by atoms with E-state index in [9.17, 15) is 5.11 Å². The van der Waals surface area contributed by atoms with Crippen LogP contribution >= 0.6 is 11.6 Å². The lowest BCUT2D eigenvalue weighted by Gasteiger charge is -2.39. The van der Waals surface area contributed by atoms with E-state index in [1.165, 1.54) is 31.2 Å². The lowest BCUT2D eigenvalue weighted by molar-refractivity contribution is 0.199. The van der Waals surface area contributed by atoms with Crippen molar-refractivity contribution < 1.29 is 9.84 Å². The molecule has 2 aromatic carbocycles. The summed E-state index contributed by atoms with van der Waals surface area (Å²) in [5.74, 6) is 1.05. The smallest absolute Gasteiger partial charge is 0.176 e. The predicted octanol–water partition coefficient (Wildman–Crippen LogP) is 5.74. The van der Waals surface area contributed by atoms with Gasteiger partial charge in [-0.2, -0.15) is 0 Å². The Balaban J connectivity index is 1.72. The van der Waals surface area contributed by atoms with Gasteiger partial charge in [-0.1, -0.05) is 17.7 Å². The van der Waals surface area contributed by atoms with Crippen LogP contribution in [0, 0.1) is 12.8 Å². The van der Waals surface area contributed by atoms with Gasteiger partial charge in [0.05, 0.1) is 23.3 Å². The van der Waals surface area contributed by atoms with Crippen LogP contribution in [0.15, 0.2) is 36.5 Å². The number of aromatic nitrogens is 1. The highest BCUT2D eigenvalue weighted by atomic mass is 35.5. The molecule has 32 heavy (non-hydrogen) atoms. The summed E-state index contributed by atoms with van der Waals surface area (Å²) < 4.78 is 5.30. The summed E-state index contributed by atoms with van der Waals surface area (Å²) in [7, 11) is 5.87. The van der Waals surface area contributed by atoms with Gasteiger partial charge in [-0.3, -0.25) is 4.98 Å². The maximum absolute atomic E-state index is 10.1. The zero-order valence-corrected chi connectivity index (χ0v) is 20.3. The van der Waals surface area contributed by atoms with E-state index in [0.717, 1.165) is 41.0 Å². The van der Waals surface area contributed by atoms with Gasteiger partial charge in [-0.05, 0) is 87.7 Å². The number of hydrogen-bond acceptors (Lipinski definition) is 5. The molecule has 1 atom stereocenters. The van der Waals surface area contributed by atoms with Crippen molar-refractivity contribution in [2.75, 3.05) is 39.2 Å². The first kappa shape index (κ1) is 22.7. The van der Waals surface area contributed by atoms with Gasteiger partial charge >= 0.3 is 0 Å². The van der Waals surface area contributed by atoms with E-state index in [-0.39, 0.29) is 10.8 Å². The second-order valence-electron chi connectivity index (χ2n) is 9.06. The molecule has 0 amide bonds. The van der Waals surface area contributed by atoms with Crippen LogP contribution < -0.4 is 9.64 Å². The predicted molar refractivity (Wildman–Crippen MR) is 133 cm³/mol. The molecule has 1 fully saturated rings. The summed E-state index contributed by atoms with van der Waals surface area (Å²) >= 11 is 6.25. The number of halogens is 1. The number of fused-ring (bicyclic) bond motifs is 1. The molecule has 1 N–H and O–H groups in total. The number of aromatic hydroxyl groups is 1. The van der Waals surface area contributed by atoms with Gasteiger partial charge in [0.25, 0.3) is 0 Å². The fourth-order valence-corrected chi connectivity index (χ4v) is 5.01. The number of ether oxygens (including phenoxy) is 1. The number of rotatable bonds is 5. The molecular formula is C26H32ClN3O2. The third-order valence-corrected chi connectivity index (χ3v) is 7.24. The zero-order chi connectivity index (χ0) is 23.0. The molecule has 0 saturated carbocycles. The fourth-order valence-electron chi connectivity index (χ4n) is 4.80. The van der Waals surface area contributed by atoms with Crippen LogP contribution in [0.4, 0.5) is 5.69 Å². The van der Waals surface area contributed by atoms with E-state index in [1.54, 1.807) is 6.07 Å². The number of nitrogens with zero attached hydrogens (tertiary/aromatic N) is 3. The second kappa shape index (κ2) is 9.16. The maximum atomic E-state index is 10.1. The number of methoxy groups -OCH3 is 1. The molecule has 3 aromatic rings. The minimum Gasteiger partial charge on any atom is -0.503 e. The molecule has 0 aliphatic carbocycles. The van der Waals surface area contributed by atoms with Crippen LogP contribution in [0.5, 0.6) is 11.5 Å². The molecule has 1 aromatic heterocycles. The van der Waals surface area contributed by atoms with Crippen molar-refractivity contribution in [3.8, 4) is 22.6 Å². The van der Waals surface area contributed by atoms with Gasteiger partial charge in [0.1, 0.15) is 0 Å². The quantitative estimate of drug-likeness (QED) is 0.533. The van der Waals surface area contributed by atoms with Crippen molar-refractivity contribution in [3.05, 3.63) is 47.1 Å². The Hall–Kier alpha value is -2.50. The topological polar surface area (TPSA) is 48.8 Å². The Bertz CT molecular complexity index is 1120. The molecule has 1 unspecified atom stereocenters. The van der Waals surface area contributed by atoms with Gasteiger partial charge in [0.15, 0.2) is 11.5 Å². The minimum absolute atomic E-state index is 0.0354. The Morgan fingerprint density at radius 2 is 1.88 bits per heavy atom. The molecule has 1 aliphatic rings. The first-order valence-electron chi connectivity index (χ1n) is 11.2. The molecule has 6 heteroatoms. The lowest BCUT2D eigenvalue weighted by Crippen LogP contribution is -2.41. The van der Waals surface area contributed by atoms with Crippen LogP contribution in [-0.2, 0) is 0 Å². The number of phenolic OH excluding ortho intramolecular Hbond substituents is 1. The standard InChI is InChI=1S/C26H32ClN3O2/c1-16-15-28-23-7-6-19(20-13-22(27)26(31)24(14-20)32-5)12-21(23)25(16)30-10-8-18(9-11-30)17(2)29(3)4/h6-7,12-15,17-18,31H,8-11H2,1-5H3. The molecule has 5 nitrogen and oxygen atoms in total.